The molecule has 48 heavy (non-hydrogen) atoms. The Labute approximate surface area is 281 Å². The molecule has 1 aliphatic heterocycles. The number of hydrogen-bond donors (Lipinski definition) is 2. The zero-order valence-electron chi connectivity index (χ0n) is 27.8. The molecule has 5 atom stereocenters. The Balaban J connectivity index is 1.30. The van der Waals surface area contributed by atoms with Crippen LogP contribution in [0.5, 0.6) is 5.88 Å². The molecular weight excluding hydrogens is 630 g/mol. The van der Waals surface area contributed by atoms with Gasteiger partial charge < -0.3 is 15.4 Å². The lowest BCUT2D eigenvalue weighted by molar-refractivity contribution is -0.141. The van der Waals surface area contributed by atoms with E-state index in [0.29, 0.717) is 41.9 Å². The van der Waals surface area contributed by atoms with Gasteiger partial charge in [-0.05, 0) is 49.7 Å². The Kier molecular flexibility index (Phi) is 8.70. The summed E-state index contributed by atoms with van der Waals surface area (Å²) in [5.74, 6) is -0.994. The third kappa shape index (κ3) is 6.60. The van der Waals surface area contributed by atoms with E-state index >= 15 is 0 Å². The first-order valence-corrected chi connectivity index (χ1v) is 18.0. The molecule has 0 bridgehead atoms. The van der Waals surface area contributed by atoms with Crippen molar-refractivity contribution in [3.05, 3.63) is 66.7 Å². The van der Waals surface area contributed by atoms with E-state index in [1.807, 2.05) is 76.2 Å². The molecule has 3 aromatic rings. The van der Waals surface area contributed by atoms with Crippen molar-refractivity contribution >= 4 is 38.5 Å². The second kappa shape index (κ2) is 12.4. The standard InChI is InChI=1S/C36H43N5O6S/c1-6-23-18-36(23,34(44)40-48(45,46)25-13-14-25)19-29(42)28-17-24(20-41(28)33(43)30(37)35(3,4)5)47-32-26-16-21(2)12-15-27(26)38-31(39-32)22-10-8-7-9-11-22/h6-12,15-16,23-25,28,30H,1,13-14,17-20,37H2,2-5H3,(H,40,44)/t23-,24-,28?,30-,36-/m1/s1. The topological polar surface area (TPSA) is 162 Å². The lowest BCUT2D eigenvalue weighted by Crippen LogP contribution is -2.53. The zero-order valence-corrected chi connectivity index (χ0v) is 28.6. The molecule has 0 radical (unpaired) electrons. The molecule has 2 amide bonds. The molecule has 1 saturated heterocycles. The minimum absolute atomic E-state index is 0.0805. The summed E-state index contributed by atoms with van der Waals surface area (Å²) in [6.45, 7) is 11.4. The maximum absolute atomic E-state index is 14.2. The number of likely N-dealkylation sites (tertiary alicyclic amines) is 1. The van der Waals surface area contributed by atoms with Gasteiger partial charge in [0.2, 0.25) is 27.7 Å². The Hall–Kier alpha value is -4.16. The van der Waals surface area contributed by atoms with Crippen LogP contribution in [-0.2, 0) is 24.4 Å². The Morgan fingerprint density at radius 1 is 1.15 bits per heavy atom. The van der Waals surface area contributed by atoms with E-state index in [1.165, 1.54) is 4.90 Å². The van der Waals surface area contributed by atoms with Gasteiger partial charge in [-0.3, -0.25) is 19.1 Å². The van der Waals surface area contributed by atoms with E-state index < -0.39 is 56.1 Å². The van der Waals surface area contributed by atoms with E-state index in [-0.39, 0.29) is 31.1 Å². The van der Waals surface area contributed by atoms with E-state index in [9.17, 15) is 22.8 Å². The molecule has 0 spiro atoms. The minimum atomic E-state index is -3.81. The first-order chi connectivity index (χ1) is 22.6. The van der Waals surface area contributed by atoms with Crippen LogP contribution in [-0.4, -0.2) is 70.9 Å². The van der Waals surface area contributed by atoms with Crippen molar-refractivity contribution < 1.29 is 27.5 Å². The highest BCUT2D eigenvalue weighted by Gasteiger charge is 2.61. The average Bonchev–Trinajstić information content (AvgIpc) is 3.97. The summed E-state index contributed by atoms with van der Waals surface area (Å²) in [7, 11) is -3.81. The summed E-state index contributed by atoms with van der Waals surface area (Å²) in [6.07, 6.45) is 2.18. The van der Waals surface area contributed by atoms with Crippen molar-refractivity contribution in [2.24, 2.45) is 22.5 Å². The molecular formula is C36H43N5O6S. The van der Waals surface area contributed by atoms with Crippen LogP contribution in [0.3, 0.4) is 0 Å². The summed E-state index contributed by atoms with van der Waals surface area (Å²) in [4.78, 5) is 52.5. The quantitative estimate of drug-likeness (QED) is 0.286. The number of hydrogen-bond acceptors (Lipinski definition) is 9. The van der Waals surface area contributed by atoms with Crippen molar-refractivity contribution in [1.29, 1.82) is 0 Å². The summed E-state index contributed by atoms with van der Waals surface area (Å²) in [5.41, 5.74) is 7.10. The van der Waals surface area contributed by atoms with Crippen LogP contribution >= 0.6 is 0 Å². The average molecular weight is 674 g/mol. The number of ether oxygens (including phenoxy) is 1. The van der Waals surface area contributed by atoms with Crippen LogP contribution < -0.4 is 15.2 Å². The second-order valence-corrected chi connectivity index (χ2v) is 16.5. The fourth-order valence-electron chi connectivity index (χ4n) is 6.47. The molecule has 254 valence electrons. The monoisotopic (exact) mass is 673 g/mol. The number of Topliss-reactive ketones (excluding diaryl/α,β-unsaturated/α-hetero) is 1. The predicted octanol–water partition coefficient (Wildman–Crippen LogP) is 4.09. The first kappa shape index (κ1) is 33.7. The van der Waals surface area contributed by atoms with Gasteiger partial charge >= 0.3 is 0 Å². The summed E-state index contributed by atoms with van der Waals surface area (Å²) >= 11 is 0. The fourth-order valence-corrected chi connectivity index (χ4v) is 7.85. The lowest BCUT2D eigenvalue weighted by Gasteiger charge is -2.32. The number of nitrogens with zero attached hydrogens (tertiary/aromatic N) is 3. The smallest absolute Gasteiger partial charge is 0.240 e. The molecule has 2 aliphatic carbocycles. The van der Waals surface area contributed by atoms with Gasteiger partial charge in [0.1, 0.15) is 6.10 Å². The van der Waals surface area contributed by atoms with Crippen molar-refractivity contribution in [3.8, 4) is 17.3 Å². The van der Waals surface area contributed by atoms with Gasteiger partial charge in [-0.15, -0.1) is 6.58 Å². The van der Waals surface area contributed by atoms with Crippen molar-refractivity contribution in [2.45, 2.75) is 83.2 Å². The van der Waals surface area contributed by atoms with E-state index in [1.54, 1.807) is 6.08 Å². The molecule has 3 N–H and O–H groups in total. The van der Waals surface area contributed by atoms with Crippen LogP contribution in [0, 0.1) is 23.7 Å². The molecule has 2 saturated carbocycles. The van der Waals surface area contributed by atoms with Gasteiger partial charge in [0.05, 0.1) is 40.2 Å². The number of nitrogens with two attached hydrogens (primary N) is 1. The summed E-state index contributed by atoms with van der Waals surface area (Å²) < 4.78 is 34.1. The first-order valence-electron chi connectivity index (χ1n) is 16.4. The summed E-state index contributed by atoms with van der Waals surface area (Å²) in [5, 5.41) is 0.118. The zero-order chi connectivity index (χ0) is 34.6. The molecule has 12 heteroatoms. The fraction of sp³-hybridized carbons (Fsp3) is 0.472. The number of fused-ring (bicyclic) bond motifs is 1. The van der Waals surface area contributed by atoms with Crippen molar-refractivity contribution in [3.63, 3.8) is 0 Å². The predicted molar refractivity (Wildman–Crippen MR) is 182 cm³/mol. The number of sulfonamides is 1. The highest BCUT2D eigenvalue weighted by atomic mass is 32.2. The van der Waals surface area contributed by atoms with Crippen LogP contribution in [0.15, 0.2) is 61.2 Å². The number of allylic oxidation sites excluding steroid dienone is 1. The van der Waals surface area contributed by atoms with Gasteiger partial charge in [0.25, 0.3) is 0 Å². The van der Waals surface area contributed by atoms with Crippen LogP contribution in [0.25, 0.3) is 22.3 Å². The molecule has 1 unspecified atom stereocenters. The maximum Gasteiger partial charge on any atom is 0.240 e. The molecule has 1 aromatic heterocycles. The molecule has 2 aromatic carbocycles. The largest absolute Gasteiger partial charge is 0.472 e. The Bertz CT molecular complexity index is 1890. The number of ketones is 1. The van der Waals surface area contributed by atoms with Crippen LogP contribution in [0.2, 0.25) is 0 Å². The number of nitrogens with one attached hydrogen (secondary N) is 1. The summed E-state index contributed by atoms with van der Waals surface area (Å²) in [6, 6.07) is 13.5. The molecule has 6 rings (SSSR count). The highest BCUT2D eigenvalue weighted by Crippen LogP contribution is 2.57. The van der Waals surface area contributed by atoms with Gasteiger partial charge in [-0.25, -0.2) is 13.4 Å². The third-order valence-electron chi connectivity index (χ3n) is 9.80. The van der Waals surface area contributed by atoms with Gasteiger partial charge in [0.15, 0.2) is 11.6 Å². The minimum Gasteiger partial charge on any atom is -0.472 e. The number of carbonyl (C=O) groups excluding carboxylic acids is 3. The molecule has 2 heterocycles. The number of amides is 2. The van der Waals surface area contributed by atoms with Gasteiger partial charge in [-0.2, -0.15) is 4.98 Å². The number of aromatic nitrogens is 2. The SMILES string of the molecule is C=C[C@@H]1C[C@]1(CC(=O)C1C[C@@H](Oc2nc(-c3ccccc3)nc3ccc(C)cc23)CN1C(=O)[C@@H](N)C(C)(C)C)C(=O)NS(=O)(=O)C1CC1. The molecule has 3 aliphatic rings. The van der Waals surface area contributed by atoms with Crippen molar-refractivity contribution in [2.75, 3.05) is 6.54 Å². The van der Waals surface area contributed by atoms with Crippen molar-refractivity contribution in [1.82, 2.24) is 19.6 Å². The van der Waals surface area contributed by atoms with E-state index in [0.717, 1.165) is 11.1 Å². The van der Waals surface area contributed by atoms with Gasteiger partial charge in [-0.1, -0.05) is 68.8 Å². The number of carbonyl (C=O) groups is 3. The van der Waals surface area contributed by atoms with Crippen LogP contribution in [0.1, 0.15) is 58.4 Å². The third-order valence-corrected chi connectivity index (χ3v) is 11.6. The number of rotatable bonds is 11. The second-order valence-electron chi connectivity index (χ2n) is 14.6. The number of benzene rings is 2. The molecule has 11 nitrogen and oxygen atoms in total. The van der Waals surface area contributed by atoms with E-state index in [4.69, 9.17) is 20.4 Å². The highest BCUT2D eigenvalue weighted by molar-refractivity contribution is 7.90. The maximum atomic E-state index is 14.2. The number of aryl methyl sites for hydroxylation is 1. The van der Waals surface area contributed by atoms with E-state index in [2.05, 4.69) is 11.3 Å². The lowest BCUT2D eigenvalue weighted by atomic mass is 9.86. The Morgan fingerprint density at radius 2 is 1.85 bits per heavy atom. The van der Waals surface area contributed by atoms with Crippen LogP contribution in [0.4, 0.5) is 0 Å². The Morgan fingerprint density at radius 3 is 2.48 bits per heavy atom. The molecule has 3 fully saturated rings. The van der Waals surface area contributed by atoms with Gasteiger partial charge in [0, 0.05) is 18.4 Å². The normalized spacial score (nSPS) is 24.6.